The van der Waals surface area contributed by atoms with Crippen molar-refractivity contribution in [1.29, 1.82) is 0 Å². The second-order valence-corrected chi connectivity index (χ2v) is 17.2. The lowest BCUT2D eigenvalue weighted by molar-refractivity contribution is 0.409. The number of amidine groups is 1. The maximum Gasteiger partial charge on any atom is 0.131 e. The van der Waals surface area contributed by atoms with Gasteiger partial charge in [0, 0.05) is 22.0 Å². The van der Waals surface area contributed by atoms with E-state index in [1.165, 1.54) is 66.4 Å². The molecule has 310 valence electrons. The minimum atomic E-state index is -0.539. The number of aryl methyl sites for hydroxylation is 1. The monoisotopic (exact) mass is 834 g/mol. The average molecular weight is 835 g/mol. The second kappa shape index (κ2) is 15.6. The molecule has 2 unspecified atom stereocenters. The Morgan fingerprint density at radius 1 is 0.538 bits per heavy atom. The van der Waals surface area contributed by atoms with Crippen LogP contribution >= 0.6 is 0 Å². The minimum absolute atomic E-state index is 0.144. The Hall–Kier alpha value is -8.05. The number of nitrogens with one attached hydrogen (secondary N) is 2. The van der Waals surface area contributed by atoms with E-state index in [0.29, 0.717) is 0 Å². The van der Waals surface area contributed by atoms with Crippen LogP contribution in [0.3, 0.4) is 0 Å². The normalized spacial score (nSPS) is 16.1. The highest BCUT2D eigenvalue weighted by atomic mass is 15.3. The number of benzene rings is 9. The summed E-state index contributed by atoms with van der Waals surface area (Å²) in [5, 5.41) is 9.98. The SMILES string of the molecule is C=Cc1ccccc1-c1ccc2c3ccc(C4(c5ccccc5)c5ccccc5-c5ccccc54)cc3n(-c3cccc(C4N=C(c5ccccc5)NC(c5ccccc5)N4)c3)c2c1C. The molecule has 65 heavy (non-hydrogen) atoms. The van der Waals surface area contributed by atoms with E-state index in [1.807, 2.05) is 12.1 Å². The van der Waals surface area contributed by atoms with Crippen LogP contribution in [0.2, 0.25) is 0 Å². The van der Waals surface area contributed by atoms with Crippen LogP contribution in [0.25, 0.3) is 55.8 Å². The van der Waals surface area contributed by atoms with Crippen molar-refractivity contribution >= 4 is 33.7 Å². The number of aromatic nitrogens is 1. The fourth-order valence-corrected chi connectivity index (χ4v) is 10.8. The van der Waals surface area contributed by atoms with E-state index in [1.54, 1.807) is 0 Å². The van der Waals surface area contributed by atoms with Gasteiger partial charge in [0.2, 0.25) is 0 Å². The lowest BCUT2D eigenvalue weighted by atomic mass is 9.67. The van der Waals surface area contributed by atoms with Gasteiger partial charge in [0.05, 0.1) is 16.4 Å². The van der Waals surface area contributed by atoms with Gasteiger partial charge in [-0.05, 0) is 91.9 Å². The summed E-state index contributed by atoms with van der Waals surface area (Å²) in [6, 6.07) is 79.4. The number of aliphatic imine (C=N–C) groups is 1. The minimum Gasteiger partial charge on any atom is -0.350 e. The van der Waals surface area contributed by atoms with Gasteiger partial charge in [-0.1, -0.05) is 213 Å². The first-order valence-electron chi connectivity index (χ1n) is 22.5. The predicted molar refractivity (Wildman–Crippen MR) is 270 cm³/mol. The lowest BCUT2D eigenvalue weighted by Gasteiger charge is -2.34. The largest absolute Gasteiger partial charge is 0.350 e. The van der Waals surface area contributed by atoms with E-state index in [4.69, 9.17) is 4.99 Å². The molecule has 0 amide bonds. The zero-order chi connectivity index (χ0) is 43.5. The Labute approximate surface area is 379 Å². The molecule has 0 spiro atoms. The number of nitrogens with zero attached hydrogens (tertiary/aromatic N) is 2. The van der Waals surface area contributed by atoms with Crippen LogP contribution in [0.5, 0.6) is 0 Å². The van der Waals surface area contributed by atoms with E-state index in [-0.39, 0.29) is 12.3 Å². The highest BCUT2D eigenvalue weighted by molar-refractivity contribution is 6.12. The Kier molecular flexibility index (Phi) is 9.29. The molecule has 2 atom stereocenters. The first-order valence-corrected chi connectivity index (χ1v) is 22.5. The molecule has 1 aromatic heterocycles. The molecule has 10 aromatic rings. The molecule has 1 aliphatic heterocycles. The molecule has 0 radical (unpaired) electrons. The Balaban J connectivity index is 1.12. The Morgan fingerprint density at radius 2 is 1.15 bits per heavy atom. The molecule has 1 aliphatic carbocycles. The number of hydrogen-bond acceptors (Lipinski definition) is 3. The highest BCUT2D eigenvalue weighted by Gasteiger charge is 2.46. The molecule has 2 heterocycles. The third-order valence-electron chi connectivity index (χ3n) is 13.7. The van der Waals surface area contributed by atoms with Crippen molar-refractivity contribution < 1.29 is 0 Å². The number of hydrogen-bond donors (Lipinski definition) is 2. The van der Waals surface area contributed by atoms with Crippen LogP contribution < -0.4 is 10.6 Å². The van der Waals surface area contributed by atoms with Crippen LogP contribution in [-0.2, 0) is 5.41 Å². The van der Waals surface area contributed by atoms with Crippen molar-refractivity contribution in [3.8, 4) is 27.9 Å². The first-order chi connectivity index (χ1) is 32.1. The molecule has 9 aromatic carbocycles. The molecular formula is C61H46N4. The van der Waals surface area contributed by atoms with E-state index in [0.717, 1.165) is 39.3 Å². The molecule has 0 fully saturated rings. The van der Waals surface area contributed by atoms with Crippen molar-refractivity contribution in [2.24, 2.45) is 4.99 Å². The maximum absolute atomic E-state index is 5.36. The maximum atomic E-state index is 5.36. The van der Waals surface area contributed by atoms with Gasteiger partial charge in [0.1, 0.15) is 18.2 Å². The van der Waals surface area contributed by atoms with Crippen LogP contribution in [0.1, 0.15) is 62.4 Å². The topological polar surface area (TPSA) is 41.4 Å². The summed E-state index contributed by atoms with van der Waals surface area (Å²) in [5.41, 5.74) is 18.5. The molecule has 12 rings (SSSR count). The van der Waals surface area contributed by atoms with Gasteiger partial charge in [-0.3, -0.25) is 5.32 Å². The summed E-state index contributed by atoms with van der Waals surface area (Å²) in [4.78, 5) is 5.36. The van der Waals surface area contributed by atoms with Crippen molar-refractivity contribution in [2.75, 3.05) is 0 Å². The highest BCUT2D eigenvalue weighted by Crippen LogP contribution is 2.56. The molecule has 0 bridgehead atoms. The Bertz CT molecular complexity index is 3430. The average Bonchev–Trinajstić information content (AvgIpc) is 3.88. The fourth-order valence-electron chi connectivity index (χ4n) is 10.8. The predicted octanol–water partition coefficient (Wildman–Crippen LogP) is 14.1. The summed E-state index contributed by atoms with van der Waals surface area (Å²) in [6.07, 6.45) is 1.50. The van der Waals surface area contributed by atoms with Crippen LogP contribution in [0.15, 0.2) is 230 Å². The zero-order valence-corrected chi connectivity index (χ0v) is 36.1. The van der Waals surface area contributed by atoms with Gasteiger partial charge in [-0.2, -0.15) is 0 Å². The lowest BCUT2D eigenvalue weighted by Crippen LogP contribution is -2.44. The van der Waals surface area contributed by atoms with Crippen LogP contribution in [-0.4, -0.2) is 10.4 Å². The molecule has 2 N–H and O–H groups in total. The molecule has 4 heteroatoms. The molecule has 2 aliphatic rings. The van der Waals surface area contributed by atoms with Crippen molar-refractivity contribution in [2.45, 2.75) is 24.7 Å². The molecule has 4 nitrogen and oxygen atoms in total. The van der Waals surface area contributed by atoms with Gasteiger partial charge in [-0.25, -0.2) is 4.99 Å². The second-order valence-electron chi connectivity index (χ2n) is 17.2. The molecule has 0 saturated carbocycles. The van der Waals surface area contributed by atoms with E-state index >= 15 is 0 Å². The molecular weight excluding hydrogens is 789 g/mol. The van der Waals surface area contributed by atoms with Gasteiger partial charge >= 0.3 is 0 Å². The summed E-state index contributed by atoms with van der Waals surface area (Å²) in [5.74, 6) is 0.861. The smallest absolute Gasteiger partial charge is 0.131 e. The third-order valence-corrected chi connectivity index (χ3v) is 13.7. The van der Waals surface area contributed by atoms with Gasteiger partial charge < -0.3 is 9.88 Å². The summed E-state index contributed by atoms with van der Waals surface area (Å²) in [7, 11) is 0. The van der Waals surface area contributed by atoms with Gasteiger partial charge in [-0.15, -0.1) is 0 Å². The summed E-state index contributed by atoms with van der Waals surface area (Å²) in [6.45, 7) is 6.48. The fraction of sp³-hybridized carbons (Fsp3) is 0.0656. The summed E-state index contributed by atoms with van der Waals surface area (Å²) < 4.78 is 2.51. The van der Waals surface area contributed by atoms with Crippen molar-refractivity contribution in [3.63, 3.8) is 0 Å². The van der Waals surface area contributed by atoms with Crippen LogP contribution in [0, 0.1) is 6.92 Å². The van der Waals surface area contributed by atoms with Crippen molar-refractivity contribution in [3.05, 3.63) is 275 Å². The zero-order valence-electron chi connectivity index (χ0n) is 36.1. The first kappa shape index (κ1) is 38.6. The third kappa shape index (κ3) is 6.13. The molecule has 0 saturated heterocycles. The van der Waals surface area contributed by atoms with E-state index < -0.39 is 5.41 Å². The number of fused-ring (bicyclic) bond motifs is 6. The van der Waals surface area contributed by atoms with Crippen molar-refractivity contribution in [1.82, 2.24) is 15.2 Å². The van der Waals surface area contributed by atoms with Gasteiger partial charge in [0.25, 0.3) is 0 Å². The number of rotatable bonds is 8. The standard InChI is InChI=1S/C61H46N4/c1-3-41-20-13-14-29-49(41)48-36-37-53-52-35-34-46(61(45-26-11-6-12-27-45)54-32-17-15-30-50(54)51-31-16-18-33-55(51)61)39-56(52)65(57(53)40(48)2)47-28-19-25-44(38-47)60-63-58(42-21-7-4-8-22-42)62-59(64-60)43-23-9-5-10-24-43/h3-39,58,60,63H,1H2,2H3,(H,62,64). The summed E-state index contributed by atoms with van der Waals surface area (Å²) >= 11 is 0. The quantitative estimate of drug-likeness (QED) is 0.160. The van der Waals surface area contributed by atoms with E-state index in [9.17, 15) is 0 Å². The Morgan fingerprint density at radius 3 is 1.88 bits per heavy atom. The van der Waals surface area contributed by atoms with E-state index in [2.05, 4.69) is 241 Å². The van der Waals surface area contributed by atoms with Crippen LogP contribution in [0.4, 0.5) is 0 Å². The van der Waals surface area contributed by atoms with Gasteiger partial charge in [0.15, 0.2) is 0 Å².